The van der Waals surface area contributed by atoms with E-state index in [1.165, 1.54) is 11.8 Å². The molecule has 9 nitrogen and oxygen atoms in total. The van der Waals surface area contributed by atoms with E-state index in [1.807, 2.05) is 92.1 Å². The third kappa shape index (κ3) is 5.03. The van der Waals surface area contributed by atoms with Crippen molar-refractivity contribution >= 4 is 23.5 Å². The van der Waals surface area contributed by atoms with E-state index >= 15 is 0 Å². The second kappa shape index (κ2) is 10.1. The van der Waals surface area contributed by atoms with Gasteiger partial charge >= 0.3 is 0 Å². The largest absolute Gasteiger partial charge is 0.310 e. The number of hydrogen-bond donors (Lipinski definition) is 1. The number of carbonyl (C=O) groups is 1. The maximum Gasteiger partial charge on any atom is 0.252 e. The fraction of sp³-hybridized carbons (Fsp3) is 0.154. The van der Waals surface area contributed by atoms with Crippen LogP contribution in [0.1, 0.15) is 17.1 Å². The molecule has 0 radical (unpaired) electrons. The van der Waals surface area contributed by atoms with Crippen molar-refractivity contribution in [3.63, 3.8) is 0 Å². The molecular weight excluding hydrogens is 472 g/mol. The number of aryl methyl sites for hydroxylation is 3. The minimum atomic E-state index is -0.200. The number of nitrogens with one attached hydrogen (secondary N) is 1. The van der Waals surface area contributed by atoms with Gasteiger partial charge in [0.15, 0.2) is 11.0 Å². The molecule has 0 spiro atoms. The molecule has 3 heterocycles. The van der Waals surface area contributed by atoms with Crippen LogP contribution in [0.25, 0.3) is 23.0 Å². The Labute approximate surface area is 212 Å². The predicted octanol–water partition coefficient (Wildman–Crippen LogP) is 4.57. The van der Waals surface area contributed by atoms with Crippen molar-refractivity contribution in [2.24, 2.45) is 0 Å². The van der Waals surface area contributed by atoms with Crippen molar-refractivity contribution in [3.8, 4) is 23.0 Å². The molecule has 5 aromatic rings. The average Bonchev–Trinajstić information content (AvgIpc) is 3.46. The van der Waals surface area contributed by atoms with Crippen LogP contribution in [0.4, 0.5) is 5.82 Å². The van der Waals surface area contributed by atoms with Crippen molar-refractivity contribution < 1.29 is 4.79 Å². The highest BCUT2D eigenvalue weighted by molar-refractivity contribution is 7.99. The molecule has 0 aliphatic rings. The van der Waals surface area contributed by atoms with Gasteiger partial charge in [-0.05, 0) is 39.0 Å². The van der Waals surface area contributed by atoms with E-state index in [0.717, 1.165) is 28.3 Å². The number of carbonyl (C=O) groups excluding carboxylic acids is 1. The SMILES string of the molecule is Cc1cc(C)nc(-n2nc(C)cc2NC(=O)CSc2nnc(-c3ccccc3)n2-c2ccccc2)n1. The minimum Gasteiger partial charge on any atom is -0.310 e. The molecule has 0 aliphatic heterocycles. The summed E-state index contributed by atoms with van der Waals surface area (Å²) in [6.07, 6.45) is 0. The topological polar surface area (TPSA) is 103 Å². The second-order valence-corrected chi connectivity index (χ2v) is 9.16. The first kappa shape index (κ1) is 23.4. The van der Waals surface area contributed by atoms with Crippen LogP contribution < -0.4 is 5.32 Å². The van der Waals surface area contributed by atoms with Crippen LogP contribution in [0.3, 0.4) is 0 Å². The summed E-state index contributed by atoms with van der Waals surface area (Å²) in [5.74, 6) is 1.58. The number of amides is 1. The van der Waals surface area contributed by atoms with Gasteiger partial charge in [-0.2, -0.15) is 9.78 Å². The van der Waals surface area contributed by atoms with E-state index in [1.54, 1.807) is 10.7 Å². The summed E-state index contributed by atoms with van der Waals surface area (Å²) in [4.78, 5) is 21.9. The van der Waals surface area contributed by atoms with Crippen LogP contribution in [0.15, 0.2) is 78.0 Å². The normalized spacial score (nSPS) is 11.0. The van der Waals surface area contributed by atoms with Gasteiger partial charge in [0.2, 0.25) is 5.91 Å². The number of benzene rings is 2. The van der Waals surface area contributed by atoms with Crippen LogP contribution >= 0.6 is 11.8 Å². The summed E-state index contributed by atoms with van der Waals surface area (Å²) in [7, 11) is 0. The lowest BCUT2D eigenvalue weighted by atomic mass is 10.2. The molecule has 0 saturated heterocycles. The summed E-state index contributed by atoms with van der Waals surface area (Å²) in [5.41, 5.74) is 4.26. The van der Waals surface area contributed by atoms with Gasteiger partial charge in [-0.3, -0.25) is 9.36 Å². The van der Waals surface area contributed by atoms with Crippen molar-refractivity contribution in [1.82, 2.24) is 34.5 Å². The summed E-state index contributed by atoms with van der Waals surface area (Å²) in [5, 5.41) is 16.9. The standard InChI is InChI=1S/C26H24N8OS/c1-17-14-18(2)28-25(27-17)34-22(15-19(3)32-34)29-23(35)16-36-26-31-30-24(20-10-6-4-7-11-20)33(26)21-12-8-5-9-13-21/h4-15H,16H2,1-3H3,(H,29,35). The van der Waals surface area contributed by atoms with Gasteiger partial charge in [-0.25, -0.2) is 9.97 Å². The molecule has 1 N–H and O–H groups in total. The Bertz CT molecular complexity index is 1490. The number of thioether (sulfide) groups is 1. The highest BCUT2D eigenvalue weighted by atomic mass is 32.2. The van der Waals surface area contributed by atoms with E-state index in [0.29, 0.717) is 22.7 Å². The van der Waals surface area contributed by atoms with Crippen LogP contribution in [0.5, 0.6) is 0 Å². The van der Waals surface area contributed by atoms with Gasteiger partial charge in [-0.1, -0.05) is 60.3 Å². The summed E-state index contributed by atoms with van der Waals surface area (Å²) >= 11 is 1.31. The Morgan fingerprint density at radius 1 is 0.861 bits per heavy atom. The summed E-state index contributed by atoms with van der Waals surface area (Å²) in [6.45, 7) is 5.66. The van der Waals surface area contributed by atoms with Crippen molar-refractivity contribution in [1.29, 1.82) is 0 Å². The molecule has 180 valence electrons. The Morgan fingerprint density at radius 2 is 1.53 bits per heavy atom. The predicted molar refractivity (Wildman–Crippen MR) is 140 cm³/mol. The van der Waals surface area contributed by atoms with Crippen molar-refractivity contribution in [2.45, 2.75) is 25.9 Å². The van der Waals surface area contributed by atoms with E-state index in [4.69, 9.17) is 0 Å². The molecule has 2 aromatic carbocycles. The van der Waals surface area contributed by atoms with E-state index in [2.05, 4.69) is 30.6 Å². The van der Waals surface area contributed by atoms with E-state index in [-0.39, 0.29) is 11.7 Å². The first-order valence-electron chi connectivity index (χ1n) is 11.4. The molecule has 5 rings (SSSR count). The van der Waals surface area contributed by atoms with Gasteiger partial charge in [0.05, 0.1) is 11.4 Å². The van der Waals surface area contributed by atoms with Crippen LogP contribution in [-0.4, -0.2) is 46.2 Å². The Morgan fingerprint density at radius 3 is 2.22 bits per heavy atom. The minimum absolute atomic E-state index is 0.137. The number of nitrogens with zero attached hydrogens (tertiary/aromatic N) is 7. The van der Waals surface area contributed by atoms with Gasteiger partial charge in [0.1, 0.15) is 5.82 Å². The van der Waals surface area contributed by atoms with Gasteiger partial charge in [0, 0.05) is 28.7 Å². The molecule has 0 aliphatic carbocycles. The summed E-state index contributed by atoms with van der Waals surface area (Å²) < 4.78 is 3.52. The van der Waals surface area contributed by atoms with Crippen LogP contribution in [0, 0.1) is 20.8 Å². The zero-order valence-electron chi connectivity index (χ0n) is 20.1. The Kier molecular flexibility index (Phi) is 6.59. The molecule has 0 atom stereocenters. The lowest BCUT2D eigenvalue weighted by Crippen LogP contribution is -2.18. The number of anilines is 1. The first-order valence-corrected chi connectivity index (χ1v) is 12.3. The first-order chi connectivity index (χ1) is 17.5. The van der Waals surface area contributed by atoms with Crippen LogP contribution in [-0.2, 0) is 4.79 Å². The van der Waals surface area contributed by atoms with Crippen molar-refractivity contribution in [3.05, 3.63) is 89.9 Å². The average molecular weight is 497 g/mol. The maximum atomic E-state index is 13.0. The number of rotatable bonds is 7. The number of hydrogen-bond acceptors (Lipinski definition) is 7. The lowest BCUT2D eigenvalue weighted by molar-refractivity contribution is -0.113. The Balaban J connectivity index is 1.38. The quantitative estimate of drug-likeness (QED) is 0.329. The fourth-order valence-electron chi connectivity index (χ4n) is 3.80. The molecule has 0 unspecified atom stereocenters. The molecule has 0 saturated carbocycles. The van der Waals surface area contributed by atoms with Gasteiger partial charge in [-0.15, -0.1) is 10.2 Å². The molecule has 0 fully saturated rings. The highest BCUT2D eigenvalue weighted by Crippen LogP contribution is 2.28. The third-order valence-corrected chi connectivity index (χ3v) is 6.20. The smallest absolute Gasteiger partial charge is 0.252 e. The Hall–Kier alpha value is -4.31. The van der Waals surface area contributed by atoms with Crippen LogP contribution in [0.2, 0.25) is 0 Å². The molecule has 10 heteroatoms. The van der Waals surface area contributed by atoms with E-state index in [9.17, 15) is 4.79 Å². The molecule has 0 bridgehead atoms. The zero-order chi connectivity index (χ0) is 25.1. The highest BCUT2D eigenvalue weighted by Gasteiger charge is 2.18. The lowest BCUT2D eigenvalue weighted by Gasteiger charge is -2.11. The third-order valence-electron chi connectivity index (χ3n) is 5.27. The van der Waals surface area contributed by atoms with Gasteiger partial charge in [0.25, 0.3) is 5.95 Å². The maximum absolute atomic E-state index is 13.0. The molecular formula is C26H24N8OS. The fourth-order valence-corrected chi connectivity index (χ4v) is 4.55. The number of para-hydroxylation sites is 1. The molecule has 3 aromatic heterocycles. The van der Waals surface area contributed by atoms with Gasteiger partial charge < -0.3 is 5.32 Å². The summed E-state index contributed by atoms with van der Waals surface area (Å²) in [6, 6.07) is 23.4. The van der Waals surface area contributed by atoms with E-state index < -0.39 is 0 Å². The monoisotopic (exact) mass is 496 g/mol. The number of aromatic nitrogens is 7. The second-order valence-electron chi connectivity index (χ2n) is 8.21. The molecule has 36 heavy (non-hydrogen) atoms. The zero-order valence-corrected chi connectivity index (χ0v) is 20.9. The molecule has 1 amide bonds. The van der Waals surface area contributed by atoms with Crippen molar-refractivity contribution in [2.75, 3.05) is 11.1 Å².